The van der Waals surface area contributed by atoms with E-state index in [1.807, 2.05) is 12.1 Å². The average Bonchev–Trinajstić information content (AvgIpc) is 2.20. The Morgan fingerprint density at radius 2 is 1.88 bits per heavy atom. The molecule has 1 aromatic carbocycles. The fourth-order valence-electron chi connectivity index (χ4n) is 1.57. The summed E-state index contributed by atoms with van der Waals surface area (Å²) in [6.45, 7) is 14.9. The van der Waals surface area contributed by atoms with Crippen LogP contribution in [-0.4, -0.2) is 0 Å². The minimum absolute atomic E-state index is 0.105. The number of allylic oxidation sites excluding steroid dienone is 3. The van der Waals surface area contributed by atoms with Crippen molar-refractivity contribution in [3.05, 3.63) is 52.6 Å². The van der Waals surface area contributed by atoms with Crippen molar-refractivity contribution in [3.8, 4) is 0 Å². The zero-order valence-corrected chi connectivity index (χ0v) is 12.2. The van der Waals surface area contributed by atoms with Crippen LogP contribution >= 0.6 is 11.6 Å². The molecule has 0 atom stereocenters. The first-order valence-electron chi connectivity index (χ1n) is 5.86. The van der Waals surface area contributed by atoms with Crippen LogP contribution in [0, 0.1) is 12.3 Å². The molecule has 0 saturated carbocycles. The molecule has 1 heteroatoms. The van der Waals surface area contributed by atoms with Gasteiger partial charge >= 0.3 is 0 Å². The first-order valence-corrected chi connectivity index (χ1v) is 6.24. The van der Waals surface area contributed by atoms with E-state index >= 15 is 0 Å². The lowest BCUT2D eigenvalue weighted by Crippen LogP contribution is -2.06. The van der Waals surface area contributed by atoms with Gasteiger partial charge in [0.1, 0.15) is 0 Å². The number of benzene rings is 1. The van der Waals surface area contributed by atoms with Crippen LogP contribution in [0.25, 0.3) is 5.57 Å². The van der Waals surface area contributed by atoms with E-state index in [4.69, 9.17) is 11.6 Å². The predicted octanol–water partition coefficient (Wildman–Crippen LogP) is 5.65. The highest BCUT2D eigenvalue weighted by atomic mass is 35.5. The summed E-state index contributed by atoms with van der Waals surface area (Å²) < 4.78 is 0. The molecule has 1 rings (SSSR count). The molecule has 0 aliphatic carbocycles. The molecule has 0 fully saturated rings. The highest BCUT2D eigenvalue weighted by molar-refractivity contribution is 6.30. The van der Waals surface area contributed by atoms with Gasteiger partial charge in [-0.2, -0.15) is 0 Å². The van der Waals surface area contributed by atoms with Gasteiger partial charge in [-0.1, -0.05) is 51.1 Å². The van der Waals surface area contributed by atoms with Crippen LogP contribution in [-0.2, 0) is 0 Å². The molecule has 0 aliphatic rings. The van der Waals surface area contributed by atoms with Gasteiger partial charge in [-0.05, 0) is 53.7 Å². The number of hydrogen-bond acceptors (Lipinski definition) is 0. The van der Waals surface area contributed by atoms with Crippen LogP contribution in [0.1, 0.15) is 38.8 Å². The Hall–Kier alpha value is -1.01. The summed E-state index contributed by atoms with van der Waals surface area (Å²) in [6.07, 6.45) is 2.15. The van der Waals surface area contributed by atoms with Gasteiger partial charge in [-0.25, -0.2) is 0 Å². The third-order valence-corrected chi connectivity index (χ3v) is 3.21. The first-order chi connectivity index (χ1) is 7.71. The summed E-state index contributed by atoms with van der Waals surface area (Å²) in [5, 5.41) is 0.778. The molecule has 0 amide bonds. The highest BCUT2D eigenvalue weighted by Crippen LogP contribution is 2.29. The molecule has 0 aliphatic heterocycles. The molecule has 0 aromatic heterocycles. The first kappa shape index (κ1) is 14.1. The van der Waals surface area contributed by atoms with Crippen LogP contribution in [0.15, 0.2) is 36.4 Å². The Morgan fingerprint density at radius 3 is 2.41 bits per heavy atom. The van der Waals surface area contributed by atoms with Crippen molar-refractivity contribution in [3.63, 3.8) is 0 Å². The second kappa shape index (κ2) is 5.10. The zero-order valence-electron chi connectivity index (χ0n) is 11.4. The van der Waals surface area contributed by atoms with Gasteiger partial charge in [0.05, 0.1) is 0 Å². The van der Waals surface area contributed by atoms with Gasteiger partial charge in [0.2, 0.25) is 0 Å². The molecule has 0 heterocycles. The Morgan fingerprint density at radius 1 is 1.29 bits per heavy atom. The quantitative estimate of drug-likeness (QED) is 0.593. The normalized spacial score (nSPS) is 12.7. The maximum absolute atomic E-state index is 6.04. The molecule has 0 bridgehead atoms. The predicted molar refractivity (Wildman–Crippen MR) is 78.4 cm³/mol. The van der Waals surface area contributed by atoms with Gasteiger partial charge in [0.25, 0.3) is 0 Å². The third kappa shape index (κ3) is 3.74. The minimum Gasteiger partial charge on any atom is -0.0953 e. The molecule has 0 unspecified atom stereocenters. The summed E-state index contributed by atoms with van der Waals surface area (Å²) in [6, 6.07) is 5.99. The molecular formula is C16H21Cl. The molecule has 0 N–H and O–H groups in total. The minimum atomic E-state index is 0.105. The summed E-state index contributed by atoms with van der Waals surface area (Å²) in [5.41, 5.74) is 4.89. The van der Waals surface area contributed by atoms with Crippen molar-refractivity contribution >= 4 is 17.2 Å². The summed E-state index contributed by atoms with van der Waals surface area (Å²) in [7, 11) is 0. The number of halogens is 1. The summed E-state index contributed by atoms with van der Waals surface area (Å²) in [5.74, 6) is 0. The maximum atomic E-state index is 6.04. The van der Waals surface area contributed by atoms with Crippen LogP contribution in [0.3, 0.4) is 0 Å². The van der Waals surface area contributed by atoms with E-state index in [2.05, 4.69) is 53.3 Å². The van der Waals surface area contributed by atoms with Crippen molar-refractivity contribution < 1.29 is 0 Å². The smallest absolute Gasteiger partial charge is 0.0412 e. The highest BCUT2D eigenvalue weighted by Gasteiger charge is 2.13. The average molecular weight is 249 g/mol. The lowest BCUT2D eigenvalue weighted by Gasteiger charge is -2.20. The molecule has 0 nitrogen and oxygen atoms in total. The van der Waals surface area contributed by atoms with Crippen molar-refractivity contribution in [2.24, 2.45) is 5.41 Å². The molecular weight excluding hydrogens is 228 g/mol. The molecule has 0 spiro atoms. The van der Waals surface area contributed by atoms with Crippen molar-refractivity contribution in [1.82, 2.24) is 0 Å². The van der Waals surface area contributed by atoms with E-state index < -0.39 is 0 Å². The Kier molecular flexibility index (Phi) is 4.21. The second-order valence-corrected chi connectivity index (χ2v) is 6.00. The Labute approximate surface area is 110 Å². The van der Waals surface area contributed by atoms with Gasteiger partial charge in [-0.3, -0.25) is 0 Å². The van der Waals surface area contributed by atoms with E-state index in [9.17, 15) is 0 Å². The van der Waals surface area contributed by atoms with E-state index in [1.165, 1.54) is 16.7 Å². The number of hydrogen-bond donors (Lipinski definition) is 0. The number of aryl methyl sites for hydroxylation is 1. The SMILES string of the molecule is C=C(/C=C(/C)c1cc(Cl)ccc1C)C(C)(C)C. The Bertz CT molecular complexity index is 459. The van der Waals surface area contributed by atoms with Crippen LogP contribution in [0.5, 0.6) is 0 Å². The Balaban J connectivity index is 3.12. The molecule has 1 aromatic rings. The largest absolute Gasteiger partial charge is 0.0953 e. The van der Waals surface area contributed by atoms with Gasteiger partial charge in [0, 0.05) is 5.02 Å². The standard InChI is InChI=1S/C16H21Cl/c1-11-7-8-14(17)10-15(11)12(2)9-13(3)16(4,5)6/h7-10H,3H2,1-2,4-6H3/b12-9-. The molecule has 0 radical (unpaired) electrons. The van der Waals surface area contributed by atoms with Gasteiger partial charge in [0.15, 0.2) is 0 Å². The third-order valence-electron chi connectivity index (χ3n) is 2.98. The van der Waals surface area contributed by atoms with E-state index in [0.29, 0.717) is 0 Å². The van der Waals surface area contributed by atoms with Crippen molar-refractivity contribution in [2.45, 2.75) is 34.6 Å². The molecule has 0 saturated heterocycles. The van der Waals surface area contributed by atoms with Crippen LogP contribution in [0.4, 0.5) is 0 Å². The van der Waals surface area contributed by atoms with E-state index in [1.54, 1.807) is 0 Å². The van der Waals surface area contributed by atoms with Crippen LogP contribution in [0.2, 0.25) is 5.02 Å². The lowest BCUT2D eigenvalue weighted by molar-refractivity contribution is 0.519. The lowest BCUT2D eigenvalue weighted by atomic mass is 9.85. The molecule has 92 valence electrons. The van der Waals surface area contributed by atoms with Crippen molar-refractivity contribution in [2.75, 3.05) is 0 Å². The molecule has 17 heavy (non-hydrogen) atoms. The fraction of sp³-hybridized carbons (Fsp3) is 0.375. The van der Waals surface area contributed by atoms with E-state index in [-0.39, 0.29) is 5.41 Å². The summed E-state index contributed by atoms with van der Waals surface area (Å²) >= 11 is 6.04. The van der Waals surface area contributed by atoms with Crippen LogP contribution < -0.4 is 0 Å². The zero-order chi connectivity index (χ0) is 13.2. The van der Waals surface area contributed by atoms with Gasteiger partial charge < -0.3 is 0 Å². The second-order valence-electron chi connectivity index (χ2n) is 5.56. The summed E-state index contributed by atoms with van der Waals surface area (Å²) in [4.78, 5) is 0. The monoisotopic (exact) mass is 248 g/mol. The fourth-order valence-corrected chi connectivity index (χ4v) is 1.75. The van der Waals surface area contributed by atoms with E-state index in [0.717, 1.165) is 10.6 Å². The number of rotatable bonds is 2. The van der Waals surface area contributed by atoms with Gasteiger partial charge in [-0.15, -0.1) is 0 Å². The maximum Gasteiger partial charge on any atom is 0.0412 e. The van der Waals surface area contributed by atoms with Crippen molar-refractivity contribution in [1.29, 1.82) is 0 Å². The topological polar surface area (TPSA) is 0 Å².